The molecule has 1 aliphatic heterocycles. The molecule has 1 heterocycles. The van der Waals surface area contributed by atoms with Gasteiger partial charge in [0.1, 0.15) is 0 Å². The molecule has 3 nitrogen and oxygen atoms in total. The standard InChI is InChI=1S/C13H22N2O/c14-13(16)12-7-4-8-15(10-12)9-11-5-2-1-3-6-11/h1-2,11-12H,3-10H2,(H2,14,16)/p+1/t11-,12+/m0/s1. The molecule has 1 saturated heterocycles. The predicted octanol–water partition coefficient (Wildman–Crippen LogP) is 0.123. The molecule has 1 unspecified atom stereocenters. The summed E-state index contributed by atoms with van der Waals surface area (Å²) in [7, 11) is 0. The van der Waals surface area contributed by atoms with Crippen LogP contribution in [-0.2, 0) is 4.79 Å². The fourth-order valence-electron chi connectivity index (χ4n) is 3.03. The first-order chi connectivity index (χ1) is 7.75. The number of nitrogens with two attached hydrogens (primary N) is 1. The molecule has 1 amide bonds. The fraction of sp³-hybridized carbons (Fsp3) is 0.769. The predicted molar refractivity (Wildman–Crippen MR) is 64.0 cm³/mol. The zero-order chi connectivity index (χ0) is 11.4. The van der Waals surface area contributed by atoms with Gasteiger partial charge < -0.3 is 10.6 Å². The van der Waals surface area contributed by atoms with Crippen LogP contribution in [0.2, 0.25) is 0 Å². The second-order valence-electron chi connectivity index (χ2n) is 5.30. The van der Waals surface area contributed by atoms with Crippen LogP contribution in [0.15, 0.2) is 12.2 Å². The lowest BCUT2D eigenvalue weighted by atomic mass is 9.91. The number of nitrogens with one attached hydrogen (secondary N) is 1. The quantitative estimate of drug-likeness (QED) is 0.656. The number of likely N-dealkylation sites (tertiary alicyclic amines) is 1. The lowest BCUT2D eigenvalue weighted by Crippen LogP contribution is -3.14. The van der Waals surface area contributed by atoms with E-state index in [1.165, 1.54) is 32.4 Å². The molecule has 2 aliphatic rings. The van der Waals surface area contributed by atoms with Gasteiger partial charge in [-0.05, 0) is 32.1 Å². The number of allylic oxidation sites excluding steroid dienone is 2. The van der Waals surface area contributed by atoms with Crippen molar-refractivity contribution in [2.45, 2.75) is 32.1 Å². The Morgan fingerprint density at radius 3 is 2.94 bits per heavy atom. The summed E-state index contributed by atoms with van der Waals surface area (Å²) >= 11 is 0. The molecular formula is C13H23N2O+. The molecule has 90 valence electrons. The molecule has 0 aromatic carbocycles. The van der Waals surface area contributed by atoms with Crippen LogP contribution in [0.4, 0.5) is 0 Å². The number of carbonyl (C=O) groups is 1. The van der Waals surface area contributed by atoms with Gasteiger partial charge >= 0.3 is 0 Å². The molecule has 0 bridgehead atoms. The molecule has 0 radical (unpaired) electrons. The third kappa shape index (κ3) is 3.08. The van der Waals surface area contributed by atoms with E-state index in [9.17, 15) is 4.79 Å². The van der Waals surface area contributed by atoms with Crippen LogP contribution in [-0.4, -0.2) is 25.5 Å². The number of piperidine rings is 1. The fourth-order valence-corrected chi connectivity index (χ4v) is 3.03. The third-order valence-corrected chi connectivity index (χ3v) is 3.98. The lowest BCUT2D eigenvalue weighted by Gasteiger charge is -2.31. The molecule has 2 rings (SSSR count). The van der Waals surface area contributed by atoms with Crippen molar-refractivity contribution in [2.24, 2.45) is 17.6 Å². The summed E-state index contributed by atoms with van der Waals surface area (Å²) in [5.74, 6) is 0.857. The SMILES string of the molecule is NC(=O)[C@@H]1CCC[NH+](C[C@H]2CC=CCC2)C1. The maximum Gasteiger partial charge on any atom is 0.226 e. The van der Waals surface area contributed by atoms with E-state index in [1.54, 1.807) is 4.90 Å². The molecule has 3 N–H and O–H groups in total. The van der Waals surface area contributed by atoms with Gasteiger partial charge in [-0.15, -0.1) is 0 Å². The summed E-state index contributed by atoms with van der Waals surface area (Å²) in [6.45, 7) is 3.42. The van der Waals surface area contributed by atoms with Gasteiger partial charge in [-0.3, -0.25) is 4.79 Å². The van der Waals surface area contributed by atoms with Gasteiger partial charge in [0.2, 0.25) is 5.91 Å². The van der Waals surface area contributed by atoms with Crippen LogP contribution in [0.1, 0.15) is 32.1 Å². The average molecular weight is 223 g/mol. The number of quaternary nitrogens is 1. The molecule has 3 atom stereocenters. The van der Waals surface area contributed by atoms with Crippen molar-refractivity contribution < 1.29 is 9.69 Å². The Kier molecular flexibility index (Phi) is 3.99. The molecule has 1 fully saturated rings. The van der Waals surface area contributed by atoms with Gasteiger partial charge in [0.05, 0.1) is 25.6 Å². The zero-order valence-corrected chi connectivity index (χ0v) is 9.95. The smallest absolute Gasteiger partial charge is 0.226 e. The monoisotopic (exact) mass is 223 g/mol. The summed E-state index contributed by atoms with van der Waals surface area (Å²) in [5.41, 5.74) is 5.40. The van der Waals surface area contributed by atoms with Crippen LogP contribution in [0.25, 0.3) is 0 Å². The zero-order valence-electron chi connectivity index (χ0n) is 9.95. The van der Waals surface area contributed by atoms with E-state index in [4.69, 9.17) is 5.73 Å². The van der Waals surface area contributed by atoms with E-state index < -0.39 is 0 Å². The second-order valence-corrected chi connectivity index (χ2v) is 5.30. The van der Waals surface area contributed by atoms with Crippen molar-refractivity contribution >= 4 is 5.91 Å². The average Bonchev–Trinajstić information content (AvgIpc) is 2.30. The van der Waals surface area contributed by atoms with Gasteiger partial charge in [0.15, 0.2) is 0 Å². The third-order valence-electron chi connectivity index (χ3n) is 3.98. The van der Waals surface area contributed by atoms with Crippen LogP contribution in [0.5, 0.6) is 0 Å². The molecular weight excluding hydrogens is 200 g/mol. The van der Waals surface area contributed by atoms with E-state index in [1.807, 2.05) is 0 Å². The van der Waals surface area contributed by atoms with Crippen LogP contribution < -0.4 is 10.6 Å². The topological polar surface area (TPSA) is 47.5 Å². The second kappa shape index (κ2) is 5.48. The van der Waals surface area contributed by atoms with Gasteiger partial charge in [0, 0.05) is 5.92 Å². The number of carbonyl (C=O) groups excluding carboxylic acids is 1. The Morgan fingerprint density at radius 2 is 2.25 bits per heavy atom. The Bertz CT molecular complexity index is 275. The van der Waals surface area contributed by atoms with Crippen LogP contribution in [0.3, 0.4) is 0 Å². The molecule has 1 aliphatic carbocycles. The Morgan fingerprint density at radius 1 is 1.38 bits per heavy atom. The van der Waals surface area contributed by atoms with Crippen LogP contribution in [0, 0.1) is 11.8 Å². The number of primary amides is 1. The van der Waals surface area contributed by atoms with E-state index in [2.05, 4.69) is 12.2 Å². The van der Waals surface area contributed by atoms with Crippen molar-refractivity contribution in [3.8, 4) is 0 Å². The first-order valence-corrected chi connectivity index (χ1v) is 6.53. The minimum atomic E-state index is -0.0965. The van der Waals surface area contributed by atoms with Crippen molar-refractivity contribution in [3.63, 3.8) is 0 Å². The van der Waals surface area contributed by atoms with E-state index in [-0.39, 0.29) is 11.8 Å². The highest BCUT2D eigenvalue weighted by molar-refractivity contribution is 5.76. The van der Waals surface area contributed by atoms with Gasteiger partial charge in [-0.25, -0.2) is 0 Å². The number of hydrogen-bond acceptors (Lipinski definition) is 1. The van der Waals surface area contributed by atoms with Crippen molar-refractivity contribution in [2.75, 3.05) is 19.6 Å². The summed E-state index contributed by atoms with van der Waals surface area (Å²) in [5, 5.41) is 0. The lowest BCUT2D eigenvalue weighted by molar-refractivity contribution is -0.910. The van der Waals surface area contributed by atoms with Crippen molar-refractivity contribution in [1.82, 2.24) is 0 Å². The first-order valence-electron chi connectivity index (χ1n) is 6.53. The van der Waals surface area contributed by atoms with Crippen molar-refractivity contribution in [1.29, 1.82) is 0 Å². The van der Waals surface area contributed by atoms with E-state index in [0.717, 1.165) is 25.3 Å². The molecule has 0 aromatic heterocycles. The van der Waals surface area contributed by atoms with E-state index >= 15 is 0 Å². The Hall–Kier alpha value is -0.830. The van der Waals surface area contributed by atoms with E-state index in [0.29, 0.717) is 0 Å². The maximum absolute atomic E-state index is 11.2. The summed E-state index contributed by atoms with van der Waals surface area (Å²) in [6.07, 6.45) is 10.5. The largest absolute Gasteiger partial charge is 0.369 e. The molecule has 0 spiro atoms. The molecule has 0 saturated carbocycles. The highest BCUT2D eigenvalue weighted by Gasteiger charge is 2.28. The highest BCUT2D eigenvalue weighted by atomic mass is 16.1. The molecule has 0 aromatic rings. The summed E-state index contributed by atoms with van der Waals surface area (Å²) < 4.78 is 0. The summed E-state index contributed by atoms with van der Waals surface area (Å²) in [6, 6.07) is 0. The van der Waals surface area contributed by atoms with Crippen molar-refractivity contribution in [3.05, 3.63) is 12.2 Å². The van der Waals surface area contributed by atoms with Gasteiger partial charge in [-0.2, -0.15) is 0 Å². The summed E-state index contributed by atoms with van der Waals surface area (Å²) in [4.78, 5) is 12.8. The number of rotatable bonds is 3. The highest BCUT2D eigenvalue weighted by Crippen LogP contribution is 2.16. The Balaban J connectivity index is 1.80. The normalized spacial score (nSPS) is 34.9. The minimum absolute atomic E-state index is 0.0965. The number of amides is 1. The minimum Gasteiger partial charge on any atom is -0.369 e. The molecule has 3 heteroatoms. The van der Waals surface area contributed by atoms with Gasteiger partial charge in [-0.1, -0.05) is 12.2 Å². The number of hydrogen-bond donors (Lipinski definition) is 2. The van der Waals surface area contributed by atoms with Gasteiger partial charge in [0.25, 0.3) is 0 Å². The molecule has 16 heavy (non-hydrogen) atoms. The Labute approximate surface area is 97.7 Å². The maximum atomic E-state index is 11.2. The first kappa shape index (κ1) is 11.6. The van der Waals surface area contributed by atoms with Crippen LogP contribution >= 0.6 is 0 Å².